The summed E-state index contributed by atoms with van der Waals surface area (Å²) in [6.07, 6.45) is 0.734. The molecule has 0 atom stereocenters. The number of benzene rings is 2. The maximum atomic E-state index is 12.9. The van der Waals surface area contributed by atoms with E-state index in [4.69, 9.17) is 28.2 Å². The fourth-order valence-electron chi connectivity index (χ4n) is 3.92. The van der Waals surface area contributed by atoms with Crippen LogP contribution in [0.15, 0.2) is 48.5 Å². The van der Waals surface area contributed by atoms with Gasteiger partial charge in [-0.05, 0) is 43.7 Å². The molecule has 4 rings (SSSR count). The van der Waals surface area contributed by atoms with Crippen molar-refractivity contribution in [3.63, 3.8) is 0 Å². The minimum atomic E-state index is -0.0262. The van der Waals surface area contributed by atoms with Gasteiger partial charge < -0.3 is 9.80 Å². The van der Waals surface area contributed by atoms with Gasteiger partial charge in [-0.1, -0.05) is 47.5 Å². The number of aromatic nitrogens is 2. The number of aryl methyl sites for hydroxylation is 2. The summed E-state index contributed by atoms with van der Waals surface area (Å²) in [5, 5.41) is 1.21. The highest BCUT2D eigenvalue weighted by Gasteiger charge is 2.26. The van der Waals surface area contributed by atoms with Crippen molar-refractivity contribution in [3.05, 3.63) is 86.8 Å². The number of carbonyl (C=O) groups is 1. The Hall–Kier alpha value is -2.63. The number of halogens is 2. The van der Waals surface area contributed by atoms with Crippen molar-refractivity contribution in [2.24, 2.45) is 0 Å². The molecular formula is C24H24Cl2N4O. The third kappa shape index (κ3) is 4.83. The number of hydrogen-bond acceptors (Lipinski definition) is 4. The lowest BCUT2D eigenvalue weighted by atomic mass is 10.0. The van der Waals surface area contributed by atoms with Crippen molar-refractivity contribution in [2.75, 3.05) is 31.1 Å². The predicted octanol–water partition coefficient (Wildman–Crippen LogP) is 4.95. The van der Waals surface area contributed by atoms with Gasteiger partial charge in [0.25, 0.3) is 5.91 Å². The molecule has 7 heteroatoms. The van der Waals surface area contributed by atoms with Gasteiger partial charge in [0.15, 0.2) is 0 Å². The minimum absolute atomic E-state index is 0.0262. The molecule has 1 aliphatic rings. The highest BCUT2D eigenvalue weighted by molar-refractivity contribution is 6.33. The summed E-state index contributed by atoms with van der Waals surface area (Å²) in [5.74, 6) is 1.67. The van der Waals surface area contributed by atoms with Gasteiger partial charge in [-0.2, -0.15) is 0 Å². The number of piperazine rings is 1. The van der Waals surface area contributed by atoms with Crippen LogP contribution in [0.5, 0.6) is 0 Å². The predicted molar refractivity (Wildman–Crippen MR) is 125 cm³/mol. The number of amides is 1. The molecule has 0 radical (unpaired) electrons. The fourth-order valence-corrected chi connectivity index (χ4v) is 4.26. The maximum Gasteiger partial charge on any atom is 0.255 e. The van der Waals surface area contributed by atoms with Crippen LogP contribution in [0.1, 0.15) is 33.0 Å². The molecule has 0 saturated carbocycles. The van der Waals surface area contributed by atoms with Gasteiger partial charge in [0.2, 0.25) is 0 Å². The Labute approximate surface area is 192 Å². The monoisotopic (exact) mass is 454 g/mol. The zero-order chi connectivity index (χ0) is 22.0. The molecule has 1 fully saturated rings. The van der Waals surface area contributed by atoms with E-state index in [-0.39, 0.29) is 5.91 Å². The van der Waals surface area contributed by atoms with E-state index in [1.54, 1.807) is 12.1 Å². The largest absolute Gasteiger partial charge is 0.353 e. The van der Waals surface area contributed by atoms with Crippen LogP contribution in [0.2, 0.25) is 10.0 Å². The Morgan fingerprint density at radius 3 is 2.29 bits per heavy atom. The normalized spacial score (nSPS) is 14.1. The molecule has 1 aliphatic heterocycles. The molecule has 1 saturated heterocycles. The van der Waals surface area contributed by atoms with Crippen LogP contribution in [0.3, 0.4) is 0 Å². The van der Waals surface area contributed by atoms with Crippen LogP contribution in [0, 0.1) is 13.8 Å². The highest BCUT2D eigenvalue weighted by atomic mass is 35.5. The molecule has 2 heterocycles. The molecule has 31 heavy (non-hydrogen) atoms. The number of rotatable bonds is 4. The molecule has 3 aromatic rings. The molecule has 0 spiro atoms. The van der Waals surface area contributed by atoms with Crippen LogP contribution < -0.4 is 4.90 Å². The molecule has 0 bridgehead atoms. The second-order valence-electron chi connectivity index (χ2n) is 7.72. The van der Waals surface area contributed by atoms with E-state index >= 15 is 0 Å². The third-order valence-electron chi connectivity index (χ3n) is 5.57. The second-order valence-corrected chi connectivity index (χ2v) is 8.56. The van der Waals surface area contributed by atoms with Crippen LogP contribution >= 0.6 is 23.2 Å². The molecule has 0 aliphatic carbocycles. The number of anilines is 1. The maximum absolute atomic E-state index is 12.9. The second kappa shape index (κ2) is 9.25. The highest BCUT2D eigenvalue weighted by Crippen LogP contribution is 2.26. The Balaban J connectivity index is 1.53. The van der Waals surface area contributed by atoms with Crippen LogP contribution in [-0.4, -0.2) is 47.0 Å². The summed E-state index contributed by atoms with van der Waals surface area (Å²) >= 11 is 12.3. The van der Waals surface area contributed by atoms with Crippen molar-refractivity contribution < 1.29 is 4.79 Å². The van der Waals surface area contributed by atoms with Crippen molar-refractivity contribution in [1.82, 2.24) is 14.9 Å². The molecule has 5 nitrogen and oxygen atoms in total. The zero-order valence-electron chi connectivity index (χ0n) is 17.6. The van der Waals surface area contributed by atoms with E-state index in [0.29, 0.717) is 36.8 Å². The quantitative estimate of drug-likeness (QED) is 0.559. The molecule has 0 N–H and O–H groups in total. The number of hydrogen-bond donors (Lipinski definition) is 0. The lowest BCUT2D eigenvalue weighted by molar-refractivity contribution is 0.0746. The van der Waals surface area contributed by atoms with Gasteiger partial charge >= 0.3 is 0 Å². The van der Waals surface area contributed by atoms with Crippen LogP contribution in [-0.2, 0) is 6.42 Å². The van der Waals surface area contributed by atoms with E-state index in [0.717, 1.165) is 39.9 Å². The lowest BCUT2D eigenvalue weighted by Gasteiger charge is -2.36. The smallest absolute Gasteiger partial charge is 0.255 e. The first-order chi connectivity index (χ1) is 14.9. The summed E-state index contributed by atoms with van der Waals surface area (Å²) in [6.45, 7) is 6.60. The van der Waals surface area contributed by atoms with Crippen molar-refractivity contribution in [2.45, 2.75) is 20.3 Å². The molecule has 2 aromatic carbocycles. The topological polar surface area (TPSA) is 49.3 Å². The number of nitrogens with zero attached hydrogens (tertiary/aromatic N) is 4. The summed E-state index contributed by atoms with van der Waals surface area (Å²) < 4.78 is 0. The average Bonchev–Trinajstić information content (AvgIpc) is 2.77. The molecule has 160 valence electrons. The van der Waals surface area contributed by atoms with Crippen LogP contribution in [0.25, 0.3) is 0 Å². The average molecular weight is 455 g/mol. The first-order valence-electron chi connectivity index (χ1n) is 10.3. The summed E-state index contributed by atoms with van der Waals surface area (Å²) in [6, 6.07) is 15.1. The first kappa shape index (κ1) is 21.6. The van der Waals surface area contributed by atoms with E-state index < -0.39 is 0 Å². The van der Waals surface area contributed by atoms with E-state index in [2.05, 4.69) is 9.88 Å². The van der Waals surface area contributed by atoms with Gasteiger partial charge in [0, 0.05) is 48.9 Å². The van der Waals surface area contributed by atoms with Gasteiger partial charge in [-0.15, -0.1) is 0 Å². The van der Waals surface area contributed by atoms with E-state index in [1.165, 1.54) is 0 Å². The molecule has 1 aromatic heterocycles. The van der Waals surface area contributed by atoms with E-state index in [9.17, 15) is 4.79 Å². The number of carbonyl (C=O) groups excluding carboxylic acids is 1. The van der Waals surface area contributed by atoms with Crippen molar-refractivity contribution in [1.29, 1.82) is 0 Å². The third-order valence-corrected chi connectivity index (χ3v) is 6.15. The molecule has 1 amide bonds. The fraction of sp³-hybridized carbons (Fsp3) is 0.292. The van der Waals surface area contributed by atoms with Gasteiger partial charge in [0.05, 0.1) is 10.6 Å². The SMILES string of the molecule is Cc1nc(C)c(Cc2ccc(Cl)cc2)c(N2CCN(C(=O)c3ccccc3Cl)CC2)n1. The minimum Gasteiger partial charge on any atom is -0.353 e. The van der Waals surface area contributed by atoms with Crippen molar-refractivity contribution in [3.8, 4) is 0 Å². The Kier molecular flexibility index (Phi) is 6.44. The van der Waals surface area contributed by atoms with Crippen molar-refractivity contribution >= 4 is 34.9 Å². The van der Waals surface area contributed by atoms with E-state index in [1.807, 2.05) is 55.1 Å². The summed E-state index contributed by atoms with van der Waals surface area (Å²) in [4.78, 5) is 26.4. The van der Waals surface area contributed by atoms with Gasteiger partial charge in [-0.25, -0.2) is 9.97 Å². The van der Waals surface area contributed by atoms with Gasteiger partial charge in [0.1, 0.15) is 11.6 Å². The molecule has 0 unspecified atom stereocenters. The standard InChI is InChI=1S/C24H24Cl2N4O/c1-16-21(15-18-7-9-19(25)10-8-18)23(28-17(2)27-16)29-11-13-30(14-12-29)24(31)20-5-3-4-6-22(20)26/h3-10H,11-15H2,1-2H3. The Morgan fingerprint density at radius 2 is 1.61 bits per heavy atom. The Bertz CT molecular complexity index is 1090. The summed E-state index contributed by atoms with van der Waals surface area (Å²) in [7, 11) is 0. The lowest BCUT2D eigenvalue weighted by Crippen LogP contribution is -2.49. The van der Waals surface area contributed by atoms with Crippen LogP contribution in [0.4, 0.5) is 5.82 Å². The molecular weight excluding hydrogens is 431 g/mol. The van der Waals surface area contributed by atoms with Gasteiger partial charge in [-0.3, -0.25) is 4.79 Å². The first-order valence-corrected chi connectivity index (χ1v) is 11.1. The zero-order valence-corrected chi connectivity index (χ0v) is 19.1. The summed E-state index contributed by atoms with van der Waals surface area (Å²) in [5.41, 5.74) is 3.80. The Morgan fingerprint density at radius 1 is 0.935 bits per heavy atom.